The van der Waals surface area contributed by atoms with Crippen molar-refractivity contribution in [2.24, 2.45) is 0 Å². The van der Waals surface area contributed by atoms with Crippen molar-refractivity contribution >= 4 is 18.0 Å². The van der Waals surface area contributed by atoms with Crippen LogP contribution in [-0.2, 0) is 4.74 Å². The average molecular weight is 312 g/mol. The van der Waals surface area contributed by atoms with Gasteiger partial charge in [-0.05, 0) is 43.3 Å². The number of hydrogen-bond donors (Lipinski definition) is 0. The summed E-state index contributed by atoms with van der Waals surface area (Å²) in [5.41, 5.74) is 1.18. The molecule has 0 spiro atoms. The maximum atomic E-state index is 12.2. The monoisotopic (exact) mass is 312 g/mol. The zero-order chi connectivity index (χ0) is 16.8. The molecule has 0 bridgehead atoms. The molecule has 0 radical (unpaired) electrons. The van der Waals surface area contributed by atoms with E-state index in [2.05, 4.69) is 0 Å². The highest BCUT2D eigenvalue weighted by Crippen LogP contribution is 2.14. The normalized spacial score (nSPS) is 11.4. The summed E-state index contributed by atoms with van der Waals surface area (Å²) in [6.07, 6.45) is -0.230. The number of esters is 1. The van der Waals surface area contributed by atoms with E-state index in [4.69, 9.17) is 9.47 Å². The van der Waals surface area contributed by atoms with Crippen LogP contribution in [0.5, 0.6) is 5.75 Å². The van der Waals surface area contributed by atoms with E-state index >= 15 is 0 Å². The van der Waals surface area contributed by atoms with Crippen LogP contribution in [-0.4, -0.2) is 31.3 Å². The summed E-state index contributed by atoms with van der Waals surface area (Å²) in [7, 11) is 1.54. The van der Waals surface area contributed by atoms with Crippen LogP contribution in [0.2, 0.25) is 0 Å². The Labute approximate surface area is 133 Å². The number of ketones is 1. The van der Waals surface area contributed by atoms with Crippen LogP contribution in [0.15, 0.2) is 48.5 Å². The molecular formula is C18H16O5. The average Bonchev–Trinajstić information content (AvgIpc) is 2.61. The molecule has 2 aromatic carbocycles. The van der Waals surface area contributed by atoms with E-state index in [0.29, 0.717) is 23.2 Å². The first-order valence-electron chi connectivity index (χ1n) is 6.99. The third-order valence-electron chi connectivity index (χ3n) is 3.31. The van der Waals surface area contributed by atoms with Gasteiger partial charge in [-0.1, -0.05) is 12.1 Å². The Morgan fingerprint density at radius 3 is 2.04 bits per heavy atom. The van der Waals surface area contributed by atoms with Crippen LogP contribution in [0.4, 0.5) is 0 Å². The standard InChI is InChI=1S/C18H16O5/c1-12(17(20)14-7-9-16(22-2)10-8-14)23-18(21)15-5-3-13(11-19)4-6-15/h3-12H,1-2H3/t12-/m0/s1. The minimum Gasteiger partial charge on any atom is -0.497 e. The Hall–Kier alpha value is -2.95. The van der Waals surface area contributed by atoms with E-state index in [1.54, 1.807) is 24.3 Å². The molecule has 23 heavy (non-hydrogen) atoms. The minimum atomic E-state index is -0.915. The molecule has 0 unspecified atom stereocenters. The number of hydrogen-bond acceptors (Lipinski definition) is 5. The molecule has 118 valence electrons. The molecule has 0 aliphatic heterocycles. The van der Waals surface area contributed by atoms with Gasteiger partial charge in [-0.2, -0.15) is 0 Å². The van der Waals surface area contributed by atoms with Crippen molar-refractivity contribution in [3.8, 4) is 5.75 Å². The topological polar surface area (TPSA) is 69.7 Å². The third-order valence-corrected chi connectivity index (χ3v) is 3.31. The number of Topliss-reactive ketones (excluding diaryl/α,β-unsaturated/α-hetero) is 1. The third kappa shape index (κ3) is 4.03. The molecule has 2 rings (SSSR count). The maximum Gasteiger partial charge on any atom is 0.338 e. The van der Waals surface area contributed by atoms with E-state index in [0.717, 1.165) is 0 Å². The Morgan fingerprint density at radius 2 is 1.52 bits per heavy atom. The SMILES string of the molecule is COc1ccc(C(=O)[C@H](C)OC(=O)c2ccc(C=O)cc2)cc1. The molecule has 0 heterocycles. The fraction of sp³-hybridized carbons (Fsp3) is 0.167. The lowest BCUT2D eigenvalue weighted by Gasteiger charge is -2.12. The molecule has 5 heteroatoms. The molecule has 5 nitrogen and oxygen atoms in total. The second-order valence-electron chi connectivity index (χ2n) is 4.88. The highest BCUT2D eigenvalue weighted by Gasteiger charge is 2.20. The second kappa shape index (κ2) is 7.35. The minimum absolute atomic E-state index is 0.282. The van der Waals surface area contributed by atoms with Crippen LogP contribution >= 0.6 is 0 Å². The fourth-order valence-corrected chi connectivity index (χ4v) is 1.97. The van der Waals surface area contributed by atoms with Crippen molar-refractivity contribution < 1.29 is 23.9 Å². The molecule has 0 fully saturated rings. The van der Waals surface area contributed by atoms with Crippen LogP contribution in [0.25, 0.3) is 0 Å². The fourth-order valence-electron chi connectivity index (χ4n) is 1.97. The molecule has 0 amide bonds. The highest BCUT2D eigenvalue weighted by atomic mass is 16.5. The molecule has 0 aliphatic carbocycles. The molecule has 0 saturated heterocycles. The zero-order valence-corrected chi connectivity index (χ0v) is 12.8. The Kier molecular flexibility index (Phi) is 5.25. The number of ether oxygens (including phenoxy) is 2. The number of benzene rings is 2. The van der Waals surface area contributed by atoms with Crippen molar-refractivity contribution in [1.29, 1.82) is 0 Å². The van der Waals surface area contributed by atoms with E-state index in [1.807, 2.05) is 0 Å². The largest absolute Gasteiger partial charge is 0.497 e. The summed E-state index contributed by atoms with van der Waals surface area (Å²) in [6, 6.07) is 12.6. The van der Waals surface area contributed by atoms with Gasteiger partial charge >= 0.3 is 5.97 Å². The van der Waals surface area contributed by atoms with E-state index < -0.39 is 12.1 Å². The molecule has 1 atom stereocenters. The summed E-state index contributed by atoms with van der Waals surface area (Å²) in [6.45, 7) is 1.52. The molecular weight excluding hydrogens is 296 g/mol. The molecule has 0 aliphatic rings. The van der Waals surface area contributed by atoms with Crippen LogP contribution in [0.3, 0.4) is 0 Å². The van der Waals surface area contributed by atoms with E-state index in [-0.39, 0.29) is 11.3 Å². The molecule has 0 saturated carbocycles. The molecule has 0 N–H and O–H groups in total. The van der Waals surface area contributed by atoms with Crippen molar-refractivity contribution in [2.45, 2.75) is 13.0 Å². The van der Waals surface area contributed by atoms with Gasteiger partial charge in [-0.25, -0.2) is 4.79 Å². The lowest BCUT2D eigenvalue weighted by molar-refractivity contribution is 0.0318. The quantitative estimate of drug-likeness (QED) is 0.466. The van der Waals surface area contributed by atoms with Gasteiger partial charge in [0.15, 0.2) is 6.10 Å². The van der Waals surface area contributed by atoms with Crippen molar-refractivity contribution in [1.82, 2.24) is 0 Å². The summed E-state index contributed by atoms with van der Waals surface area (Å²) >= 11 is 0. The molecule has 2 aromatic rings. The van der Waals surface area contributed by atoms with Gasteiger partial charge in [0.05, 0.1) is 12.7 Å². The van der Waals surface area contributed by atoms with Gasteiger partial charge in [0.2, 0.25) is 5.78 Å². The van der Waals surface area contributed by atoms with Gasteiger partial charge in [0.25, 0.3) is 0 Å². The van der Waals surface area contributed by atoms with Crippen molar-refractivity contribution in [2.75, 3.05) is 7.11 Å². The first-order chi connectivity index (χ1) is 11.0. The predicted octanol–water partition coefficient (Wildman–Crippen LogP) is 2.94. The number of carbonyl (C=O) groups is 3. The smallest absolute Gasteiger partial charge is 0.338 e. The van der Waals surface area contributed by atoms with Gasteiger partial charge < -0.3 is 9.47 Å². The van der Waals surface area contributed by atoms with Gasteiger partial charge in [0.1, 0.15) is 12.0 Å². The number of methoxy groups -OCH3 is 1. The lowest BCUT2D eigenvalue weighted by Crippen LogP contribution is -2.24. The summed E-state index contributed by atoms with van der Waals surface area (Å²) < 4.78 is 10.2. The maximum absolute atomic E-state index is 12.2. The first kappa shape index (κ1) is 16.4. The summed E-state index contributed by atoms with van der Waals surface area (Å²) in [5.74, 6) is -0.274. The van der Waals surface area contributed by atoms with Gasteiger partial charge in [0, 0.05) is 11.1 Å². The van der Waals surface area contributed by atoms with E-state index in [1.165, 1.54) is 38.3 Å². The summed E-state index contributed by atoms with van der Waals surface area (Å²) in [4.78, 5) is 34.8. The number of rotatable bonds is 6. The summed E-state index contributed by atoms with van der Waals surface area (Å²) in [5, 5.41) is 0. The van der Waals surface area contributed by atoms with Crippen LogP contribution < -0.4 is 4.74 Å². The van der Waals surface area contributed by atoms with Crippen molar-refractivity contribution in [3.63, 3.8) is 0 Å². The lowest BCUT2D eigenvalue weighted by atomic mass is 10.1. The number of carbonyl (C=O) groups excluding carboxylic acids is 3. The van der Waals surface area contributed by atoms with E-state index in [9.17, 15) is 14.4 Å². The van der Waals surface area contributed by atoms with Crippen LogP contribution in [0.1, 0.15) is 38.0 Å². The Balaban J connectivity index is 2.04. The highest BCUT2D eigenvalue weighted by molar-refractivity contribution is 6.01. The Bertz CT molecular complexity index is 701. The van der Waals surface area contributed by atoms with Crippen molar-refractivity contribution in [3.05, 3.63) is 65.2 Å². The predicted molar refractivity (Wildman–Crippen MR) is 84.0 cm³/mol. The number of aldehydes is 1. The van der Waals surface area contributed by atoms with Gasteiger partial charge in [-0.3, -0.25) is 9.59 Å². The van der Waals surface area contributed by atoms with Gasteiger partial charge in [-0.15, -0.1) is 0 Å². The first-order valence-corrected chi connectivity index (χ1v) is 6.99. The Morgan fingerprint density at radius 1 is 0.957 bits per heavy atom. The second-order valence-corrected chi connectivity index (χ2v) is 4.88. The zero-order valence-electron chi connectivity index (χ0n) is 12.8. The molecule has 0 aromatic heterocycles. The van der Waals surface area contributed by atoms with Crippen LogP contribution in [0, 0.1) is 0 Å².